The molecule has 17 heavy (non-hydrogen) atoms. The molecule has 0 amide bonds. The van der Waals surface area contributed by atoms with Gasteiger partial charge in [0.1, 0.15) is 0 Å². The molecule has 0 spiro atoms. The van der Waals surface area contributed by atoms with Gasteiger partial charge in [-0.05, 0) is 18.5 Å². The van der Waals surface area contributed by atoms with Crippen molar-refractivity contribution < 1.29 is 133 Å². The number of hydrogen-bond acceptors (Lipinski definition) is 9. The molecule has 6 N–H and O–H groups in total. The maximum Gasteiger partial charge on any atom is 3.00 e. The number of hydrogen-bond donors (Lipinski definition) is 0. The van der Waals surface area contributed by atoms with E-state index in [0.29, 0.717) is 0 Å². The normalized spacial score (nSPS) is 4.24. The minimum atomic E-state index is -2.33. The van der Waals surface area contributed by atoms with Crippen LogP contribution in [0.1, 0.15) is 0 Å². The Hall–Kier alpha value is 0.0796. The predicted octanol–water partition coefficient (Wildman–Crippen LogP) is -9.82. The van der Waals surface area contributed by atoms with Gasteiger partial charge in [0.2, 0.25) is 0 Å². The van der Waals surface area contributed by atoms with Crippen molar-refractivity contribution in [1.82, 2.24) is 0 Å². The van der Waals surface area contributed by atoms with Crippen LogP contribution >= 0.6 is 0 Å². The minimum absolute atomic E-state index is 0. The average molecular weight is 512 g/mol. The number of carbonyl (C=O) groups is 3. The van der Waals surface area contributed by atoms with Gasteiger partial charge >= 0.3 is 71.2 Å². The number of rotatable bonds is 0. The van der Waals surface area contributed by atoms with Crippen molar-refractivity contribution in [2.24, 2.45) is 0 Å². The van der Waals surface area contributed by atoms with Crippen LogP contribution < -0.4 is 30.6 Å². The predicted molar refractivity (Wildman–Crippen MR) is 27.0 cm³/mol. The van der Waals surface area contributed by atoms with Crippen molar-refractivity contribution in [2.45, 2.75) is 0 Å². The largest absolute Gasteiger partial charge is 3.00 e. The van der Waals surface area contributed by atoms with Gasteiger partial charge in [-0.1, -0.05) is 0 Å². The maximum absolute atomic E-state index is 8.33. The quantitative estimate of drug-likeness (QED) is 0.297. The van der Waals surface area contributed by atoms with Gasteiger partial charge in [0.25, 0.3) is 0 Å². The molecule has 12 nitrogen and oxygen atoms in total. The first-order chi connectivity index (χ1) is 5.20. The van der Waals surface area contributed by atoms with Crippen molar-refractivity contribution in [1.29, 1.82) is 0 Å². The second-order valence-corrected chi connectivity index (χ2v) is 0.750. The molecule has 0 atom stereocenters. The van der Waals surface area contributed by atoms with Gasteiger partial charge < -0.3 is 61.5 Å². The molecule has 0 aromatic heterocycles. The van der Waals surface area contributed by atoms with Crippen LogP contribution in [0.15, 0.2) is 0 Å². The van der Waals surface area contributed by atoms with Gasteiger partial charge in [0, 0.05) is 0 Å². The van der Waals surface area contributed by atoms with Crippen molar-refractivity contribution >= 4 is 18.5 Å². The zero-order valence-electron chi connectivity index (χ0n) is 7.83. The van der Waals surface area contributed by atoms with Crippen LogP contribution in [0.3, 0.4) is 0 Å². The van der Waals surface area contributed by atoms with Gasteiger partial charge in [-0.3, -0.25) is 0 Å². The van der Waals surface area contributed by atoms with Gasteiger partial charge in [-0.15, -0.1) is 0 Å². The number of carbonyl (C=O) groups excluding carboxylic acids is 3. The summed E-state index contributed by atoms with van der Waals surface area (Å²) in [5.41, 5.74) is 0. The summed E-state index contributed by atoms with van der Waals surface area (Å²) in [6.07, 6.45) is -7.00. The Morgan fingerprint density at radius 1 is 0.471 bits per heavy atom. The van der Waals surface area contributed by atoms with Crippen LogP contribution in [0.25, 0.3) is 0 Å². The molecule has 0 aromatic rings. The van der Waals surface area contributed by atoms with Crippen molar-refractivity contribution in [3.05, 3.63) is 0 Å². The summed E-state index contributed by atoms with van der Waals surface area (Å²) in [6.45, 7) is 0. The molecular formula is C3H6La2O12. The van der Waals surface area contributed by atoms with Gasteiger partial charge in [0.05, 0.1) is 0 Å². The minimum Gasteiger partial charge on any atom is -0.652 e. The summed E-state index contributed by atoms with van der Waals surface area (Å²) in [7, 11) is 0. The summed E-state index contributed by atoms with van der Waals surface area (Å²) >= 11 is 0. The Bertz CT molecular complexity index is 117. The van der Waals surface area contributed by atoms with Crippen molar-refractivity contribution in [2.75, 3.05) is 0 Å². The summed E-state index contributed by atoms with van der Waals surface area (Å²) in [4.78, 5) is 25.0. The molecule has 0 fully saturated rings. The van der Waals surface area contributed by atoms with E-state index in [1.54, 1.807) is 0 Å². The van der Waals surface area contributed by atoms with Crippen LogP contribution in [0, 0.1) is 71.2 Å². The average Bonchev–Trinajstić information content (AvgIpc) is 1.54. The SMILES string of the molecule is O.O.O.O=C([O-])[O-].O=C([O-])[O-].O=C([O-])[O-].[La+3].[La+3]. The Kier molecular flexibility index (Phi) is 140. The van der Waals surface area contributed by atoms with Crippen LogP contribution in [-0.4, -0.2) is 34.9 Å². The molecule has 0 unspecified atom stereocenters. The van der Waals surface area contributed by atoms with E-state index >= 15 is 0 Å². The first kappa shape index (κ1) is 53.6. The van der Waals surface area contributed by atoms with E-state index in [-0.39, 0.29) is 87.6 Å². The van der Waals surface area contributed by atoms with E-state index in [1.165, 1.54) is 0 Å². The Morgan fingerprint density at radius 3 is 0.471 bits per heavy atom. The first-order valence-corrected chi connectivity index (χ1v) is 1.84. The number of carboxylic acid groups (broad SMARTS) is 6. The fourth-order valence-corrected chi connectivity index (χ4v) is 0. The second-order valence-electron chi connectivity index (χ2n) is 0.750. The smallest absolute Gasteiger partial charge is 0.652 e. The van der Waals surface area contributed by atoms with Crippen molar-refractivity contribution in [3.63, 3.8) is 0 Å². The van der Waals surface area contributed by atoms with E-state index in [1.807, 2.05) is 0 Å². The fourth-order valence-electron chi connectivity index (χ4n) is 0. The van der Waals surface area contributed by atoms with E-state index in [9.17, 15) is 0 Å². The van der Waals surface area contributed by atoms with E-state index in [2.05, 4.69) is 0 Å². The Labute approximate surface area is 149 Å². The molecule has 14 heteroatoms. The van der Waals surface area contributed by atoms with Gasteiger partial charge in [-0.25, -0.2) is 0 Å². The standard InChI is InChI=1S/3CH2O3.2La.3H2O/c3*2-1(3)4;;;;;/h3*(H2,2,3,4);;;3*1H2/q;;;2*+3;;;/p-6. The van der Waals surface area contributed by atoms with Gasteiger partial charge in [0.15, 0.2) is 0 Å². The fraction of sp³-hybridized carbons (Fsp3) is 0. The molecule has 0 aromatic carbocycles. The van der Waals surface area contributed by atoms with Crippen LogP contribution in [0.2, 0.25) is 0 Å². The molecule has 0 bridgehead atoms. The molecule has 0 radical (unpaired) electrons. The van der Waals surface area contributed by atoms with Crippen molar-refractivity contribution in [3.8, 4) is 0 Å². The van der Waals surface area contributed by atoms with E-state index < -0.39 is 18.5 Å². The second kappa shape index (κ2) is 44.4. The summed E-state index contributed by atoms with van der Waals surface area (Å²) in [6, 6.07) is 0. The summed E-state index contributed by atoms with van der Waals surface area (Å²) in [5.74, 6) is 0. The zero-order valence-corrected chi connectivity index (χ0v) is 15.1. The third-order valence-electron chi connectivity index (χ3n) is 0. The zero-order chi connectivity index (χ0) is 10.7. The third-order valence-corrected chi connectivity index (χ3v) is 0. The van der Waals surface area contributed by atoms with Gasteiger partial charge in [-0.2, -0.15) is 0 Å². The molecule has 0 saturated carbocycles. The molecule has 0 heterocycles. The molecular weight excluding hydrogens is 506 g/mol. The Morgan fingerprint density at radius 2 is 0.471 bits per heavy atom. The molecule has 0 saturated heterocycles. The van der Waals surface area contributed by atoms with Crippen LogP contribution in [-0.2, 0) is 0 Å². The summed E-state index contributed by atoms with van der Waals surface area (Å²) < 4.78 is 0. The molecule has 0 aliphatic rings. The molecule has 96 valence electrons. The maximum atomic E-state index is 8.33. The summed E-state index contributed by atoms with van der Waals surface area (Å²) in [5, 5.41) is 50.0. The van der Waals surface area contributed by atoms with E-state index in [0.717, 1.165) is 0 Å². The molecule has 0 rings (SSSR count). The van der Waals surface area contributed by atoms with E-state index in [4.69, 9.17) is 45.0 Å². The molecule has 0 aliphatic heterocycles. The monoisotopic (exact) mass is 512 g/mol. The third kappa shape index (κ3) is 503000. The topological polar surface area (TPSA) is 284 Å². The van der Waals surface area contributed by atoms with Crippen LogP contribution in [0.4, 0.5) is 14.4 Å². The van der Waals surface area contributed by atoms with Crippen LogP contribution in [0.5, 0.6) is 0 Å². The Balaban J connectivity index is -0.0000000104. The molecule has 0 aliphatic carbocycles. The first-order valence-electron chi connectivity index (χ1n) is 1.84.